The van der Waals surface area contributed by atoms with Crippen LogP contribution in [0, 0.1) is 17.8 Å². The lowest BCUT2D eigenvalue weighted by atomic mass is 9.62. The molecule has 0 radical (unpaired) electrons. The maximum absolute atomic E-state index is 13.6. The number of halogens is 1. The molecular weight excluding hydrogens is 686 g/mol. The smallest absolute Gasteiger partial charge is 0.264 e. The summed E-state index contributed by atoms with van der Waals surface area (Å²) in [6.45, 7) is 9.63. The number of rotatable bonds is 0. The first kappa shape index (κ1) is 35.0. The number of benzene rings is 2. The van der Waals surface area contributed by atoms with E-state index in [2.05, 4.69) is 38.6 Å². The molecular formula is C39H52ClN5O5S. The van der Waals surface area contributed by atoms with Gasteiger partial charge in [0.05, 0.1) is 24.0 Å². The van der Waals surface area contributed by atoms with Crippen molar-refractivity contribution in [3.05, 3.63) is 58.1 Å². The zero-order valence-electron chi connectivity index (χ0n) is 30.2. The Morgan fingerprint density at radius 2 is 1.80 bits per heavy atom. The van der Waals surface area contributed by atoms with E-state index in [0.29, 0.717) is 24.0 Å². The van der Waals surface area contributed by atoms with Gasteiger partial charge in [0.1, 0.15) is 17.2 Å². The number of amides is 1. The summed E-state index contributed by atoms with van der Waals surface area (Å²) in [5.41, 5.74) is 3.04. The van der Waals surface area contributed by atoms with E-state index in [0.717, 1.165) is 119 Å². The number of nitrogens with zero attached hydrogens (tertiary/aromatic N) is 4. The van der Waals surface area contributed by atoms with E-state index >= 15 is 0 Å². The van der Waals surface area contributed by atoms with Gasteiger partial charge in [-0.3, -0.25) is 4.79 Å². The van der Waals surface area contributed by atoms with Crippen LogP contribution in [-0.2, 0) is 26.7 Å². The Hall–Kier alpha value is -3.02. The van der Waals surface area contributed by atoms with Crippen molar-refractivity contribution in [2.45, 2.75) is 87.9 Å². The number of ether oxygens (including phenoxy) is 1. The van der Waals surface area contributed by atoms with Crippen molar-refractivity contribution in [1.29, 1.82) is 0 Å². The van der Waals surface area contributed by atoms with Crippen molar-refractivity contribution in [3.63, 3.8) is 0 Å². The Balaban J connectivity index is 1.17. The molecule has 1 saturated carbocycles. The van der Waals surface area contributed by atoms with Gasteiger partial charge in [-0.2, -0.15) is 0 Å². The fraction of sp³-hybridized carbons (Fsp3) is 0.641. The molecule has 10 nitrogen and oxygen atoms in total. The van der Waals surface area contributed by atoms with Crippen LogP contribution in [0.1, 0.15) is 86.7 Å². The standard InChI is InChI=1S/C39H52ClN5O5S/c1-26-6-4-15-39(22-36(41-50-39)44-18-16-43(3)17-19-44)33-11-8-30(33)23-45-24-38(14-5-7-28-20-31(40)10-12-32(28)38)25-49-35-13-9-29(21-34(35)45)37(46)42-51(47,48)27(26)2/h9-10,12-13,20-21,26-27,30,33H,4-8,11,14-19,22-25H2,1-3H3,(H,42,46)/t26-,27+,30-,33+,38-,39+/m0/s1. The van der Waals surface area contributed by atoms with Crippen LogP contribution < -0.4 is 14.4 Å². The lowest BCUT2D eigenvalue weighted by Crippen LogP contribution is -2.54. The lowest BCUT2D eigenvalue weighted by molar-refractivity contribution is -0.118. The third-order valence-corrected chi connectivity index (χ3v) is 15.4. The van der Waals surface area contributed by atoms with Gasteiger partial charge < -0.3 is 24.3 Å². The van der Waals surface area contributed by atoms with Crippen LogP contribution in [-0.4, -0.2) is 93.7 Å². The monoisotopic (exact) mass is 737 g/mol. The number of amidine groups is 1. The minimum atomic E-state index is -3.92. The normalized spacial score (nSPS) is 34.0. The highest BCUT2D eigenvalue weighted by molar-refractivity contribution is 7.90. The number of aryl methyl sites for hydroxylation is 1. The summed E-state index contributed by atoms with van der Waals surface area (Å²) in [4.78, 5) is 27.5. The van der Waals surface area contributed by atoms with Crippen LogP contribution in [0.4, 0.5) is 5.69 Å². The molecule has 2 spiro atoms. The van der Waals surface area contributed by atoms with Gasteiger partial charge in [-0.05, 0) is 119 Å². The largest absolute Gasteiger partial charge is 0.490 e. The highest BCUT2D eigenvalue weighted by Crippen LogP contribution is 2.52. The Kier molecular flexibility index (Phi) is 9.23. The molecule has 4 aliphatic heterocycles. The molecule has 51 heavy (non-hydrogen) atoms. The molecule has 6 aliphatic rings. The van der Waals surface area contributed by atoms with Gasteiger partial charge >= 0.3 is 0 Å². The number of carbonyl (C=O) groups is 1. The van der Waals surface area contributed by atoms with Gasteiger partial charge in [0.15, 0.2) is 0 Å². The molecule has 0 unspecified atom stereocenters. The minimum Gasteiger partial charge on any atom is -0.490 e. The van der Waals surface area contributed by atoms with Gasteiger partial charge in [0.2, 0.25) is 10.0 Å². The van der Waals surface area contributed by atoms with Gasteiger partial charge in [0.25, 0.3) is 5.91 Å². The highest BCUT2D eigenvalue weighted by Gasteiger charge is 2.54. The molecule has 1 saturated heterocycles. The second-order valence-electron chi connectivity index (χ2n) is 16.4. The number of fused-ring (bicyclic) bond motifs is 5. The van der Waals surface area contributed by atoms with Crippen molar-refractivity contribution in [2.75, 3.05) is 57.8 Å². The molecule has 8 rings (SSSR count). The van der Waals surface area contributed by atoms with Crippen LogP contribution in [0.2, 0.25) is 5.02 Å². The molecule has 2 aromatic carbocycles. The second-order valence-corrected chi connectivity index (χ2v) is 18.9. The predicted molar refractivity (Wildman–Crippen MR) is 200 cm³/mol. The zero-order valence-corrected chi connectivity index (χ0v) is 31.8. The van der Waals surface area contributed by atoms with Crippen molar-refractivity contribution < 1.29 is 22.8 Å². The Morgan fingerprint density at radius 1 is 0.980 bits per heavy atom. The summed E-state index contributed by atoms with van der Waals surface area (Å²) in [6, 6.07) is 11.7. The molecule has 2 fully saturated rings. The molecule has 2 aromatic rings. The summed E-state index contributed by atoms with van der Waals surface area (Å²) >= 11 is 6.49. The Morgan fingerprint density at radius 3 is 2.59 bits per heavy atom. The molecule has 2 aliphatic carbocycles. The van der Waals surface area contributed by atoms with Crippen molar-refractivity contribution in [3.8, 4) is 5.75 Å². The number of likely N-dealkylation sites (N-methyl/N-ethyl adjacent to an activating group) is 1. The van der Waals surface area contributed by atoms with Gasteiger partial charge in [-0.1, -0.05) is 29.7 Å². The summed E-state index contributed by atoms with van der Waals surface area (Å²) in [5.74, 6) is 1.71. The molecule has 0 aromatic heterocycles. The number of oxime groups is 1. The molecule has 276 valence electrons. The summed E-state index contributed by atoms with van der Waals surface area (Å²) in [7, 11) is -1.75. The fourth-order valence-electron chi connectivity index (χ4n) is 9.79. The van der Waals surface area contributed by atoms with E-state index < -0.39 is 26.8 Å². The van der Waals surface area contributed by atoms with Gasteiger partial charge in [-0.15, -0.1) is 0 Å². The maximum atomic E-state index is 13.6. The number of anilines is 1. The highest BCUT2D eigenvalue weighted by atomic mass is 35.5. The van der Waals surface area contributed by atoms with Gasteiger partial charge in [0, 0.05) is 61.2 Å². The van der Waals surface area contributed by atoms with E-state index in [1.165, 1.54) is 11.1 Å². The van der Waals surface area contributed by atoms with E-state index in [1.807, 2.05) is 25.1 Å². The number of carbonyl (C=O) groups excluding carboxylic acids is 1. The van der Waals surface area contributed by atoms with Crippen molar-refractivity contribution in [1.82, 2.24) is 14.5 Å². The van der Waals surface area contributed by atoms with Crippen LogP contribution >= 0.6 is 11.6 Å². The number of sulfonamides is 1. The summed E-state index contributed by atoms with van der Waals surface area (Å²) in [6.07, 6.45) is 8.33. The van der Waals surface area contributed by atoms with E-state index in [1.54, 1.807) is 13.0 Å². The Bertz CT molecular complexity index is 1810. The predicted octanol–water partition coefficient (Wildman–Crippen LogP) is 5.83. The number of hydrogen-bond donors (Lipinski definition) is 1. The number of nitrogens with one attached hydrogen (secondary N) is 1. The van der Waals surface area contributed by atoms with Crippen LogP contribution in [0.3, 0.4) is 0 Å². The molecule has 4 heterocycles. The molecule has 12 heteroatoms. The third-order valence-electron chi connectivity index (χ3n) is 13.3. The SMILES string of the molecule is C[C@@H]1[C@@H](C)CCC[C@@]2(CC(N3CCN(C)CC3)=NO2)[C@@H]2CC[C@H]2CN2C[C@@]3(CCCc4cc(Cl)ccc43)COc3ccc(cc32)C(=O)NS1(=O)=O. The van der Waals surface area contributed by atoms with E-state index in [9.17, 15) is 13.2 Å². The topological polar surface area (TPSA) is 104 Å². The van der Waals surface area contributed by atoms with Gasteiger partial charge in [-0.25, -0.2) is 13.1 Å². The number of hydrogen-bond acceptors (Lipinski definition) is 9. The molecule has 1 amide bonds. The summed E-state index contributed by atoms with van der Waals surface area (Å²) in [5, 5.41) is 4.83. The molecule has 1 N–H and O–H groups in total. The van der Waals surface area contributed by atoms with Crippen LogP contribution in [0.25, 0.3) is 0 Å². The molecule has 6 atom stereocenters. The average molecular weight is 738 g/mol. The minimum absolute atomic E-state index is 0.141. The van der Waals surface area contributed by atoms with Crippen molar-refractivity contribution >= 4 is 39.1 Å². The van der Waals surface area contributed by atoms with Crippen LogP contribution in [0.15, 0.2) is 41.6 Å². The third kappa shape index (κ3) is 6.49. The lowest BCUT2D eigenvalue weighted by Gasteiger charge is -2.49. The first-order valence-corrected chi connectivity index (χ1v) is 20.9. The average Bonchev–Trinajstić information content (AvgIpc) is 3.45. The molecule has 2 bridgehead atoms. The second kappa shape index (κ2) is 13.4. The van der Waals surface area contributed by atoms with Crippen LogP contribution in [0.5, 0.6) is 5.75 Å². The first-order chi connectivity index (χ1) is 24.5. The van der Waals surface area contributed by atoms with Crippen molar-refractivity contribution in [2.24, 2.45) is 22.9 Å². The maximum Gasteiger partial charge on any atom is 0.264 e. The van der Waals surface area contributed by atoms with E-state index in [-0.39, 0.29) is 11.3 Å². The fourth-order valence-corrected chi connectivity index (χ4v) is 11.3. The zero-order chi connectivity index (χ0) is 35.5. The number of piperazine rings is 1. The first-order valence-electron chi connectivity index (χ1n) is 19.0. The van der Waals surface area contributed by atoms with E-state index in [4.69, 9.17) is 26.3 Å². The quantitative estimate of drug-likeness (QED) is 0.361. The summed E-state index contributed by atoms with van der Waals surface area (Å²) < 4.78 is 36.3. The Labute approximate surface area is 307 Å².